The zero-order chi connectivity index (χ0) is 27.6. The van der Waals surface area contributed by atoms with Gasteiger partial charge in [0.2, 0.25) is 11.6 Å². The fourth-order valence-electron chi connectivity index (χ4n) is 3.82. The van der Waals surface area contributed by atoms with Crippen molar-refractivity contribution in [1.29, 1.82) is 0 Å². The Morgan fingerprint density at radius 2 is 2.18 bits per heavy atom. The molecule has 0 aromatic carbocycles. The van der Waals surface area contributed by atoms with Crippen LogP contribution in [0.15, 0.2) is 33.0 Å². The predicted octanol–water partition coefficient (Wildman–Crippen LogP) is 0.186. The molecule has 4 heterocycles. The molecule has 4 rings (SSSR count). The van der Waals surface area contributed by atoms with Crippen molar-refractivity contribution in [2.24, 2.45) is 5.16 Å². The van der Waals surface area contributed by atoms with Crippen molar-refractivity contribution in [3.05, 3.63) is 28.4 Å². The van der Waals surface area contributed by atoms with Gasteiger partial charge in [-0.25, -0.2) is 14.3 Å². The van der Waals surface area contributed by atoms with Crippen LogP contribution in [0.3, 0.4) is 0 Å². The van der Waals surface area contributed by atoms with Gasteiger partial charge >= 0.3 is 11.1 Å². The molecule has 0 spiro atoms. The number of fused-ring (bicyclic) bond motifs is 1. The van der Waals surface area contributed by atoms with Crippen LogP contribution in [0.4, 0.5) is 16.8 Å². The van der Waals surface area contributed by atoms with Gasteiger partial charge in [-0.2, -0.15) is 0 Å². The summed E-state index contributed by atoms with van der Waals surface area (Å²) in [6, 6.07) is 0.661. The van der Waals surface area contributed by atoms with E-state index in [4.69, 9.17) is 22.0 Å². The summed E-state index contributed by atoms with van der Waals surface area (Å²) >= 11 is 3.91. The highest BCUT2D eigenvalue weighted by Crippen LogP contribution is 2.41. The average Bonchev–Trinajstić information content (AvgIpc) is 3.31. The Hall–Kier alpha value is -3.57. The molecule has 2 aliphatic heterocycles. The zero-order valence-electron chi connectivity index (χ0n) is 20.4. The number of carbonyl (C=O) groups is 3. The normalized spacial score (nSPS) is 19.7. The Labute approximate surface area is 229 Å². The van der Waals surface area contributed by atoms with E-state index >= 15 is 0 Å². The fraction of sp³-hybridized carbons (Fsp3) is 0.381. The van der Waals surface area contributed by atoms with E-state index < -0.39 is 35.3 Å². The Bertz CT molecular complexity index is 1330. The number of aliphatic carboxylic acids is 1. The molecule has 1 fully saturated rings. The van der Waals surface area contributed by atoms with Crippen LogP contribution in [-0.4, -0.2) is 66.9 Å². The summed E-state index contributed by atoms with van der Waals surface area (Å²) in [6.45, 7) is 4.16. The summed E-state index contributed by atoms with van der Waals surface area (Å²) in [5.41, 5.74) is 18.5. The second-order valence-corrected chi connectivity index (χ2v) is 11.1. The van der Waals surface area contributed by atoms with Gasteiger partial charge in [-0.3, -0.25) is 14.5 Å². The van der Waals surface area contributed by atoms with E-state index in [2.05, 4.69) is 20.4 Å². The first-order valence-electron chi connectivity index (χ1n) is 11.3. The number of β-lactam (4-membered cyclic amide) rings is 1. The molecular formula is C21H26N9O5S3+. The second-order valence-electron chi connectivity index (χ2n) is 8.17. The standard InChI is InChI=1S/C21H25N9O5S3/c1-3-29-13(23)4-12(22)27-21(29)38-7-10-6-36-18-15(17(32)30(18)16(10)19(33)34)28-14(31)5-25-35-9(2)11-8-37-20(24)26-11/h4-5,8-9,15,18H,3,6-7H2,1-2H3,(H7,22,23,24,26,28,31,33,34)/p+1/b25-5-. The summed E-state index contributed by atoms with van der Waals surface area (Å²) in [5.74, 6) is -1.07. The molecule has 17 heteroatoms. The molecule has 38 heavy (non-hydrogen) atoms. The molecule has 0 bridgehead atoms. The lowest BCUT2D eigenvalue weighted by Crippen LogP contribution is -2.70. The number of aromatic nitrogens is 3. The summed E-state index contributed by atoms with van der Waals surface area (Å²) < 4.78 is 1.76. The highest BCUT2D eigenvalue weighted by Gasteiger charge is 2.54. The first kappa shape index (κ1) is 27.5. The van der Waals surface area contributed by atoms with Crippen molar-refractivity contribution < 1.29 is 28.9 Å². The molecule has 0 saturated carbocycles. The molecule has 1 saturated heterocycles. The first-order chi connectivity index (χ1) is 18.1. The monoisotopic (exact) mass is 580 g/mol. The number of thioether (sulfide) groups is 2. The molecule has 2 aliphatic rings. The minimum Gasteiger partial charge on any atom is -0.477 e. The van der Waals surface area contributed by atoms with Gasteiger partial charge in [0.15, 0.2) is 11.2 Å². The van der Waals surface area contributed by atoms with E-state index in [9.17, 15) is 19.5 Å². The summed E-state index contributed by atoms with van der Waals surface area (Å²) in [4.78, 5) is 52.1. The van der Waals surface area contributed by atoms with Gasteiger partial charge in [0, 0.05) is 16.9 Å². The number of rotatable bonds is 10. The first-order valence-corrected chi connectivity index (χ1v) is 14.2. The maximum Gasteiger partial charge on any atom is 0.352 e. The lowest BCUT2D eigenvalue weighted by atomic mass is 10.0. The van der Waals surface area contributed by atoms with Gasteiger partial charge in [-0.15, -0.1) is 23.1 Å². The number of amides is 2. The Balaban J connectivity index is 1.39. The van der Waals surface area contributed by atoms with Gasteiger partial charge in [0.05, 0.1) is 18.3 Å². The quantitative estimate of drug-likeness (QED) is 0.0635. The number of oxime groups is 1. The number of carbonyl (C=O) groups excluding carboxylic acids is 2. The number of hydrogen-bond acceptors (Lipinski definition) is 13. The SMILES string of the molecule is CC[n+]1c(N)cc(N)nc1SCC1=C(C(=O)O)N2C(=O)C(NC(=O)/C=N\OC(C)c3csc(N)n3)C2SC1. The average molecular weight is 581 g/mol. The molecule has 8 N–H and O–H groups in total. The highest BCUT2D eigenvalue weighted by atomic mass is 32.2. The molecular weight excluding hydrogens is 554 g/mol. The number of thiazole rings is 1. The maximum atomic E-state index is 12.9. The van der Waals surface area contributed by atoms with Gasteiger partial charge < -0.3 is 32.5 Å². The molecule has 0 radical (unpaired) electrons. The third-order valence-corrected chi connectivity index (χ3v) is 8.74. The minimum atomic E-state index is -1.22. The summed E-state index contributed by atoms with van der Waals surface area (Å²) in [5, 5.41) is 18.2. The summed E-state index contributed by atoms with van der Waals surface area (Å²) in [7, 11) is 0. The van der Waals surface area contributed by atoms with Gasteiger partial charge in [0.25, 0.3) is 11.8 Å². The lowest BCUT2D eigenvalue weighted by Gasteiger charge is -2.49. The third kappa shape index (κ3) is 5.63. The van der Waals surface area contributed by atoms with Crippen molar-refractivity contribution in [3.8, 4) is 0 Å². The number of nitrogens with one attached hydrogen (secondary N) is 1. The van der Waals surface area contributed by atoms with Crippen molar-refractivity contribution in [2.45, 2.75) is 43.1 Å². The van der Waals surface area contributed by atoms with E-state index in [-0.39, 0.29) is 17.3 Å². The van der Waals surface area contributed by atoms with Crippen LogP contribution >= 0.6 is 34.9 Å². The third-order valence-electron chi connectivity index (χ3n) is 5.65. The molecule has 0 aliphatic carbocycles. The van der Waals surface area contributed by atoms with Crippen molar-refractivity contribution >= 4 is 75.6 Å². The van der Waals surface area contributed by atoms with E-state index in [0.29, 0.717) is 39.7 Å². The Morgan fingerprint density at radius 3 is 2.84 bits per heavy atom. The number of nitrogen functional groups attached to an aromatic ring is 3. The van der Waals surface area contributed by atoms with Gasteiger partial charge in [0.1, 0.15) is 23.3 Å². The number of nitrogens with two attached hydrogens (primary N) is 3. The van der Waals surface area contributed by atoms with Crippen LogP contribution in [0, 0.1) is 0 Å². The smallest absolute Gasteiger partial charge is 0.352 e. The largest absolute Gasteiger partial charge is 0.477 e. The van der Waals surface area contributed by atoms with Gasteiger partial charge in [-0.1, -0.05) is 10.1 Å². The topological polar surface area (TPSA) is 216 Å². The minimum absolute atomic E-state index is 0.0926. The van der Waals surface area contributed by atoms with E-state index in [0.717, 1.165) is 6.21 Å². The molecule has 2 aromatic rings. The van der Waals surface area contributed by atoms with Crippen molar-refractivity contribution in [3.63, 3.8) is 0 Å². The molecule has 3 unspecified atom stereocenters. The number of hydrogen-bond donors (Lipinski definition) is 5. The van der Waals surface area contributed by atoms with Crippen LogP contribution in [0.5, 0.6) is 0 Å². The zero-order valence-corrected chi connectivity index (χ0v) is 22.8. The number of carboxylic acids is 1. The molecule has 2 amide bonds. The van der Waals surface area contributed by atoms with Crippen LogP contribution in [0.2, 0.25) is 0 Å². The predicted molar refractivity (Wildman–Crippen MR) is 144 cm³/mol. The van der Waals surface area contributed by atoms with E-state index in [1.165, 1.54) is 39.8 Å². The fourth-order valence-corrected chi connectivity index (χ4v) is 7.04. The highest BCUT2D eigenvalue weighted by molar-refractivity contribution is 8.01. The van der Waals surface area contributed by atoms with Crippen LogP contribution in [0.1, 0.15) is 25.6 Å². The molecule has 14 nitrogen and oxygen atoms in total. The van der Waals surface area contributed by atoms with E-state index in [1.54, 1.807) is 22.9 Å². The van der Waals surface area contributed by atoms with Crippen LogP contribution in [0.25, 0.3) is 0 Å². The lowest BCUT2D eigenvalue weighted by molar-refractivity contribution is -0.719. The number of carboxylic acid groups (broad SMARTS) is 1. The maximum absolute atomic E-state index is 12.9. The summed E-state index contributed by atoms with van der Waals surface area (Å²) in [6.07, 6.45) is 0.395. The van der Waals surface area contributed by atoms with Crippen LogP contribution < -0.4 is 27.1 Å². The van der Waals surface area contributed by atoms with Gasteiger partial charge in [-0.05, 0) is 31.2 Å². The Kier molecular flexibility index (Phi) is 8.27. The second kappa shape index (κ2) is 11.4. The molecule has 2 aromatic heterocycles. The van der Waals surface area contributed by atoms with Crippen LogP contribution in [-0.2, 0) is 25.8 Å². The number of nitrogens with zero attached hydrogens (tertiary/aromatic N) is 5. The molecule has 202 valence electrons. The molecule has 3 atom stereocenters. The van der Waals surface area contributed by atoms with Crippen molar-refractivity contribution in [2.75, 3.05) is 28.7 Å². The van der Waals surface area contributed by atoms with Crippen molar-refractivity contribution in [1.82, 2.24) is 20.2 Å². The Morgan fingerprint density at radius 1 is 1.42 bits per heavy atom. The van der Waals surface area contributed by atoms with E-state index in [1.807, 2.05) is 6.92 Å². The number of anilines is 3.